The van der Waals surface area contributed by atoms with Crippen molar-refractivity contribution in [2.45, 2.75) is 13.0 Å². The summed E-state index contributed by atoms with van der Waals surface area (Å²) >= 11 is 5.98. The first-order valence-corrected chi connectivity index (χ1v) is 5.07. The Labute approximate surface area is 97.2 Å². The number of anilines is 2. The molecule has 0 fully saturated rings. The molecule has 4 N–H and O–H groups in total. The Kier molecular flexibility index (Phi) is 2.91. The second kappa shape index (κ2) is 4.36. The van der Waals surface area contributed by atoms with Crippen LogP contribution in [0.4, 0.5) is 11.5 Å². The maximum Gasteiger partial charge on any atom is 0.146 e. The van der Waals surface area contributed by atoms with Gasteiger partial charge in [0.15, 0.2) is 0 Å². The largest absolute Gasteiger partial charge is 0.397 e. The smallest absolute Gasteiger partial charge is 0.146 e. The molecule has 0 amide bonds. The molecule has 0 aliphatic rings. The number of nitrogens with zero attached hydrogens (tertiary/aromatic N) is 3. The SMILES string of the molecule is CC(Nc1ncc(N)cc1Cl)c1ncn[nH]1. The lowest BCUT2D eigenvalue weighted by atomic mass is 10.3. The predicted octanol–water partition coefficient (Wildman–Crippen LogP) is 1.61. The van der Waals surface area contributed by atoms with Gasteiger partial charge in [-0.25, -0.2) is 9.97 Å². The quantitative estimate of drug-likeness (QED) is 0.756. The highest BCUT2D eigenvalue weighted by Gasteiger charge is 2.10. The van der Waals surface area contributed by atoms with Crippen molar-refractivity contribution in [1.29, 1.82) is 0 Å². The van der Waals surface area contributed by atoms with Crippen LogP contribution in [0, 0.1) is 0 Å². The summed E-state index contributed by atoms with van der Waals surface area (Å²) in [6.07, 6.45) is 2.99. The summed E-state index contributed by atoms with van der Waals surface area (Å²) in [4.78, 5) is 8.13. The summed E-state index contributed by atoms with van der Waals surface area (Å²) in [5.74, 6) is 1.29. The van der Waals surface area contributed by atoms with E-state index in [1.54, 1.807) is 12.3 Å². The summed E-state index contributed by atoms with van der Waals surface area (Å²) < 4.78 is 0. The number of H-pyrrole nitrogens is 1. The molecule has 16 heavy (non-hydrogen) atoms. The molecule has 84 valence electrons. The Bertz CT molecular complexity index is 469. The molecular formula is C9H11ClN6. The van der Waals surface area contributed by atoms with Crippen LogP contribution in [-0.4, -0.2) is 20.2 Å². The van der Waals surface area contributed by atoms with E-state index in [2.05, 4.69) is 25.5 Å². The van der Waals surface area contributed by atoms with Crippen molar-refractivity contribution in [3.05, 3.63) is 29.4 Å². The average Bonchev–Trinajstić information content (AvgIpc) is 2.75. The van der Waals surface area contributed by atoms with E-state index in [0.717, 1.165) is 5.82 Å². The second-order valence-electron chi connectivity index (χ2n) is 3.34. The molecule has 0 aliphatic carbocycles. The van der Waals surface area contributed by atoms with Gasteiger partial charge in [0.25, 0.3) is 0 Å². The highest BCUT2D eigenvalue weighted by Crippen LogP contribution is 2.24. The number of hydrogen-bond donors (Lipinski definition) is 3. The fourth-order valence-electron chi connectivity index (χ4n) is 1.26. The fraction of sp³-hybridized carbons (Fsp3) is 0.222. The van der Waals surface area contributed by atoms with Crippen LogP contribution in [0.5, 0.6) is 0 Å². The van der Waals surface area contributed by atoms with Gasteiger partial charge in [-0.2, -0.15) is 5.10 Å². The molecule has 7 heteroatoms. The number of nitrogens with one attached hydrogen (secondary N) is 2. The zero-order valence-electron chi connectivity index (χ0n) is 8.61. The van der Waals surface area contributed by atoms with Crippen LogP contribution in [0.25, 0.3) is 0 Å². The molecule has 0 aliphatic heterocycles. The van der Waals surface area contributed by atoms with Gasteiger partial charge in [0.1, 0.15) is 18.0 Å². The molecule has 6 nitrogen and oxygen atoms in total. The van der Waals surface area contributed by atoms with E-state index in [9.17, 15) is 0 Å². The molecule has 2 aromatic rings. The number of nitrogen functional groups attached to an aromatic ring is 1. The third kappa shape index (κ3) is 2.22. The lowest BCUT2D eigenvalue weighted by Crippen LogP contribution is -2.10. The summed E-state index contributed by atoms with van der Waals surface area (Å²) in [5, 5.41) is 10.1. The van der Waals surface area contributed by atoms with Gasteiger partial charge in [-0.15, -0.1) is 0 Å². The van der Waals surface area contributed by atoms with Gasteiger partial charge in [-0.1, -0.05) is 11.6 Å². The van der Waals surface area contributed by atoms with Gasteiger partial charge >= 0.3 is 0 Å². The van der Waals surface area contributed by atoms with E-state index >= 15 is 0 Å². The van der Waals surface area contributed by atoms with Gasteiger partial charge in [-0.3, -0.25) is 5.10 Å². The van der Waals surface area contributed by atoms with Crippen LogP contribution in [-0.2, 0) is 0 Å². The van der Waals surface area contributed by atoms with Gasteiger partial charge in [0.05, 0.1) is 22.9 Å². The molecule has 2 aromatic heterocycles. The molecule has 0 aromatic carbocycles. The summed E-state index contributed by atoms with van der Waals surface area (Å²) in [6, 6.07) is 1.58. The highest BCUT2D eigenvalue weighted by molar-refractivity contribution is 6.33. The molecule has 2 rings (SSSR count). The topological polar surface area (TPSA) is 92.5 Å². The molecule has 0 spiro atoms. The number of halogens is 1. The summed E-state index contributed by atoms with van der Waals surface area (Å²) in [5.41, 5.74) is 6.08. The zero-order chi connectivity index (χ0) is 11.5. The number of aromatic nitrogens is 4. The van der Waals surface area contributed by atoms with Crippen LogP contribution < -0.4 is 11.1 Å². The Balaban J connectivity index is 2.15. The molecule has 0 bridgehead atoms. The maximum atomic E-state index is 5.98. The zero-order valence-corrected chi connectivity index (χ0v) is 9.36. The Morgan fingerprint density at radius 3 is 2.94 bits per heavy atom. The molecular weight excluding hydrogens is 228 g/mol. The monoisotopic (exact) mass is 238 g/mol. The maximum absolute atomic E-state index is 5.98. The van der Waals surface area contributed by atoms with Crippen LogP contribution in [0.15, 0.2) is 18.6 Å². The van der Waals surface area contributed by atoms with Crippen molar-refractivity contribution in [3.8, 4) is 0 Å². The van der Waals surface area contributed by atoms with Gasteiger partial charge < -0.3 is 11.1 Å². The third-order valence-electron chi connectivity index (χ3n) is 2.06. The number of pyridine rings is 1. The van der Waals surface area contributed by atoms with Crippen molar-refractivity contribution < 1.29 is 0 Å². The van der Waals surface area contributed by atoms with Gasteiger partial charge in [0, 0.05) is 0 Å². The molecule has 1 atom stereocenters. The first kappa shape index (κ1) is 10.7. The molecule has 0 saturated heterocycles. The highest BCUT2D eigenvalue weighted by atomic mass is 35.5. The van der Waals surface area contributed by atoms with Crippen LogP contribution in [0.2, 0.25) is 5.02 Å². The lowest BCUT2D eigenvalue weighted by molar-refractivity contribution is 0.790. The minimum Gasteiger partial charge on any atom is -0.397 e. The number of aromatic amines is 1. The van der Waals surface area contributed by atoms with E-state index < -0.39 is 0 Å². The summed E-state index contributed by atoms with van der Waals surface area (Å²) in [7, 11) is 0. The van der Waals surface area contributed by atoms with Crippen molar-refractivity contribution in [2.75, 3.05) is 11.1 Å². The molecule has 1 unspecified atom stereocenters. The normalized spacial score (nSPS) is 12.4. The van der Waals surface area contributed by atoms with Gasteiger partial charge in [-0.05, 0) is 13.0 Å². The first-order valence-electron chi connectivity index (χ1n) is 4.69. The number of nitrogens with two attached hydrogens (primary N) is 1. The standard InChI is InChI=1S/C9H11ClN6/c1-5(8-13-4-14-16-8)15-9-7(10)2-6(11)3-12-9/h2-5H,11H2,1H3,(H,12,15)(H,13,14,16). The van der Waals surface area contributed by atoms with E-state index in [0.29, 0.717) is 16.5 Å². The second-order valence-corrected chi connectivity index (χ2v) is 3.74. The Morgan fingerprint density at radius 1 is 1.50 bits per heavy atom. The van der Waals surface area contributed by atoms with Gasteiger partial charge in [0.2, 0.25) is 0 Å². The average molecular weight is 239 g/mol. The fourth-order valence-corrected chi connectivity index (χ4v) is 1.49. The molecule has 0 saturated carbocycles. The van der Waals surface area contributed by atoms with Crippen LogP contribution in [0.3, 0.4) is 0 Å². The van der Waals surface area contributed by atoms with E-state index in [1.165, 1.54) is 6.33 Å². The van der Waals surface area contributed by atoms with Crippen LogP contribution >= 0.6 is 11.6 Å². The van der Waals surface area contributed by atoms with Crippen molar-refractivity contribution >= 4 is 23.1 Å². The first-order chi connectivity index (χ1) is 7.66. The van der Waals surface area contributed by atoms with Crippen molar-refractivity contribution in [3.63, 3.8) is 0 Å². The summed E-state index contributed by atoms with van der Waals surface area (Å²) in [6.45, 7) is 1.93. The number of rotatable bonds is 3. The third-order valence-corrected chi connectivity index (χ3v) is 2.35. The van der Waals surface area contributed by atoms with E-state index in [-0.39, 0.29) is 6.04 Å². The Morgan fingerprint density at radius 2 is 2.31 bits per heavy atom. The van der Waals surface area contributed by atoms with E-state index in [4.69, 9.17) is 17.3 Å². The Hall–Kier alpha value is -1.82. The van der Waals surface area contributed by atoms with E-state index in [1.807, 2.05) is 6.92 Å². The lowest BCUT2D eigenvalue weighted by Gasteiger charge is -2.12. The molecule has 0 radical (unpaired) electrons. The minimum atomic E-state index is -0.0591. The molecule has 2 heterocycles. The van der Waals surface area contributed by atoms with Crippen LogP contribution in [0.1, 0.15) is 18.8 Å². The minimum absolute atomic E-state index is 0.0591. The van der Waals surface area contributed by atoms with Crippen molar-refractivity contribution in [1.82, 2.24) is 20.2 Å². The van der Waals surface area contributed by atoms with Crippen molar-refractivity contribution in [2.24, 2.45) is 0 Å². The predicted molar refractivity (Wildman–Crippen MR) is 62.1 cm³/mol. The number of hydrogen-bond acceptors (Lipinski definition) is 5.